The van der Waals surface area contributed by atoms with E-state index >= 15 is 0 Å². The van der Waals surface area contributed by atoms with Crippen molar-refractivity contribution >= 4 is 12.0 Å². The summed E-state index contributed by atoms with van der Waals surface area (Å²) in [7, 11) is 0. The van der Waals surface area contributed by atoms with Gasteiger partial charge in [-0.2, -0.15) is 0 Å². The molecule has 0 unspecified atom stereocenters. The molecule has 138 valence electrons. The highest BCUT2D eigenvalue weighted by Crippen LogP contribution is 2.28. The molecule has 0 spiro atoms. The molecular weight excluding hydrogens is 333 g/mol. The third-order valence-electron chi connectivity index (χ3n) is 3.60. The van der Waals surface area contributed by atoms with Gasteiger partial charge in [0, 0.05) is 12.6 Å². The topological polar surface area (TPSA) is 47.6 Å². The molecule has 26 heavy (non-hydrogen) atoms. The van der Waals surface area contributed by atoms with E-state index in [9.17, 15) is 9.18 Å². The van der Waals surface area contributed by atoms with Crippen molar-refractivity contribution in [2.45, 2.75) is 20.3 Å². The minimum absolute atomic E-state index is 0.217. The molecule has 2 aromatic rings. The number of hydrogen-bond donors (Lipinski definition) is 1. The quantitative estimate of drug-likeness (QED) is 0.690. The second-order valence-corrected chi connectivity index (χ2v) is 5.58. The van der Waals surface area contributed by atoms with E-state index in [1.165, 1.54) is 18.2 Å². The number of rotatable bonds is 9. The predicted octanol–water partition coefficient (Wildman–Crippen LogP) is 4.00. The van der Waals surface area contributed by atoms with Crippen LogP contribution in [0.2, 0.25) is 0 Å². The second kappa shape index (κ2) is 10.2. The zero-order chi connectivity index (χ0) is 18.8. The first-order valence-corrected chi connectivity index (χ1v) is 8.72. The summed E-state index contributed by atoms with van der Waals surface area (Å²) < 4.78 is 24.2. The van der Waals surface area contributed by atoms with Crippen LogP contribution in [0.5, 0.6) is 11.5 Å². The van der Waals surface area contributed by atoms with Gasteiger partial charge < -0.3 is 14.8 Å². The molecule has 0 aliphatic heterocycles. The van der Waals surface area contributed by atoms with Crippen LogP contribution in [0.15, 0.2) is 48.5 Å². The van der Waals surface area contributed by atoms with E-state index in [1.807, 2.05) is 32.0 Å². The summed E-state index contributed by atoms with van der Waals surface area (Å²) in [6, 6.07) is 11.9. The minimum atomic E-state index is -0.326. The Kier molecular flexibility index (Phi) is 7.68. The molecule has 0 bridgehead atoms. The summed E-state index contributed by atoms with van der Waals surface area (Å²) in [6.45, 7) is 5.48. The van der Waals surface area contributed by atoms with Crippen LogP contribution in [0.4, 0.5) is 4.39 Å². The molecule has 0 fully saturated rings. The van der Waals surface area contributed by atoms with E-state index in [2.05, 4.69) is 5.32 Å². The fourth-order valence-corrected chi connectivity index (χ4v) is 2.42. The van der Waals surface area contributed by atoms with E-state index < -0.39 is 0 Å². The van der Waals surface area contributed by atoms with Crippen molar-refractivity contribution < 1.29 is 18.7 Å². The summed E-state index contributed by atoms with van der Waals surface area (Å²) >= 11 is 0. The number of benzene rings is 2. The van der Waals surface area contributed by atoms with Crippen LogP contribution in [0.1, 0.15) is 25.0 Å². The Morgan fingerprint density at radius 3 is 2.58 bits per heavy atom. The Hall–Kier alpha value is -2.82. The van der Waals surface area contributed by atoms with Gasteiger partial charge in [-0.25, -0.2) is 4.39 Å². The summed E-state index contributed by atoms with van der Waals surface area (Å²) in [5.74, 6) is 0.891. The fraction of sp³-hybridized carbons (Fsp3) is 0.286. The molecule has 0 heterocycles. The van der Waals surface area contributed by atoms with Gasteiger partial charge in [0.05, 0.1) is 13.2 Å². The van der Waals surface area contributed by atoms with Crippen LogP contribution in [0.3, 0.4) is 0 Å². The molecule has 0 aliphatic carbocycles. The maximum Gasteiger partial charge on any atom is 0.244 e. The van der Waals surface area contributed by atoms with Crippen LogP contribution in [-0.2, 0) is 11.2 Å². The van der Waals surface area contributed by atoms with E-state index in [1.54, 1.807) is 18.2 Å². The van der Waals surface area contributed by atoms with Crippen molar-refractivity contribution in [3.05, 3.63) is 65.5 Å². The molecule has 2 aromatic carbocycles. The Morgan fingerprint density at radius 1 is 1.08 bits per heavy atom. The lowest BCUT2D eigenvalue weighted by atomic mass is 10.1. The van der Waals surface area contributed by atoms with Crippen LogP contribution >= 0.6 is 0 Å². The monoisotopic (exact) mass is 357 g/mol. The standard InChI is InChI=1S/C21H24FNO3/c1-3-25-19-10-8-17(15-20(19)26-4-2)12-13-23-21(24)11-9-16-6-5-7-18(22)14-16/h5-11,14-15H,3-4,12-13H2,1-2H3,(H,23,24)/b11-9+. The van der Waals surface area contributed by atoms with Crippen molar-refractivity contribution in [3.63, 3.8) is 0 Å². The Morgan fingerprint density at radius 2 is 1.85 bits per heavy atom. The summed E-state index contributed by atoms with van der Waals surface area (Å²) in [5.41, 5.74) is 1.69. The maximum atomic E-state index is 13.1. The molecule has 5 heteroatoms. The van der Waals surface area contributed by atoms with Gasteiger partial charge in [-0.1, -0.05) is 18.2 Å². The number of hydrogen-bond acceptors (Lipinski definition) is 3. The van der Waals surface area contributed by atoms with Crippen molar-refractivity contribution in [1.29, 1.82) is 0 Å². The summed E-state index contributed by atoms with van der Waals surface area (Å²) in [6.07, 6.45) is 3.66. The Bertz CT molecular complexity index is 759. The molecule has 4 nitrogen and oxygen atoms in total. The van der Waals surface area contributed by atoms with Crippen molar-refractivity contribution in [1.82, 2.24) is 5.32 Å². The molecule has 0 aliphatic rings. The largest absolute Gasteiger partial charge is 0.490 e. The first-order chi connectivity index (χ1) is 12.6. The van der Waals surface area contributed by atoms with E-state index in [0.29, 0.717) is 37.5 Å². The lowest BCUT2D eigenvalue weighted by molar-refractivity contribution is -0.116. The highest BCUT2D eigenvalue weighted by atomic mass is 19.1. The third-order valence-corrected chi connectivity index (χ3v) is 3.60. The Balaban J connectivity index is 1.86. The molecule has 0 saturated carbocycles. The average Bonchev–Trinajstić information content (AvgIpc) is 2.62. The third kappa shape index (κ3) is 6.24. The van der Waals surface area contributed by atoms with Crippen LogP contribution < -0.4 is 14.8 Å². The van der Waals surface area contributed by atoms with Gasteiger partial charge in [0.2, 0.25) is 5.91 Å². The van der Waals surface area contributed by atoms with Gasteiger partial charge >= 0.3 is 0 Å². The van der Waals surface area contributed by atoms with Crippen molar-refractivity contribution in [2.75, 3.05) is 19.8 Å². The van der Waals surface area contributed by atoms with Crippen molar-refractivity contribution in [3.8, 4) is 11.5 Å². The van der Waals surface area contributed by atoms with Crippen LogP contribution in [0.25, 0.3) is 6.08 Å². The fourth-order valence-electron chi connectivity index (χ4n) is 2.42. The SMILES string of the molecule is CCOc1ccc(CCNC(=O)/C=C/c2cccc(F)c2)cc1OCC. The number of ether oxygens (including phenoxy) is 2. The van der Waals surface area contributed by atoms with E-state index in [4.69, 9.17) is 9.47 Å². The number of halogens is 1. The number of amides is 1. The molecule has 0 radical (unpaired) electrons. The van der Waals surface area contributed by atoms with Crippen molar-refractivity contribution in [2.24, 2.45) is 0 Å². The zero-order valence-corrected chi connectivity index (χ0v) is 15.1. The lowest BCUT2D eigenvalue weighted by Crippen LogP contribution is -2.23. The van der Waals surface area contributed by atoms with Crippen LogP contribution in [-0.4, -0.2) is 25.7 Å². The van der Waals surface area contributed by atoms with E-state index in [0.717, 1.165) is 11.3 Å². The number of carbonyl (C=O) groups is 1. The van der Waals surface area contributed by atoms with Gasteiger partial charge in [-0.3, -0.25) is 4.79 Å². The lowest BCUT2D eigenvalue weighted by Gasteiger charge is -2.12. The Labute approximate surface area is 153 Å². The first kappa shape index (κ1) is 19.5. The molecule has 0 saturated heterocycles. The molecule has 0 atom stereocenters. The molecular formula is C21H24FNO3. The smallest absolute Gasteiger partial charge is 0.244 e. The molecule has 0 aromatic heterocycles. The first-order valence-electron chi connectivity index (χ1n) is 8.72. The highest BCUT2D eigenvalue weighted by molar-refractivity contribution is 5.91. The molecule has 1 amide bonds. The summed E-state index contributed by atoms with van der Waals surface area (Å²) in [4.78, 5) is 11.9. The van der Waals surface area contributed by atoms with Gasteiger partial charge in [-0.05, 0) is 61.7 Å². The number of nitrogens with one attached hydrogen (secondary N) is 1. The molecule has 1 N–H and O–H groups in total. The van der Waals surface area contributed by atoms with Gasteiger partial charge in [0.15, 0.2) is 11.5 Å². The second-order valence-electron chi connectivity index (χ2n) is 5.58. The number of carbonyl (C=O) groups excluding carboxylic acids is 1. The molecule has 2 rings (SSSR count). The normalized spacial score (nSPS) is 10.7. The highest BCUT2D eigenvalue weighted by Gasteiger charge is 2.06. The average molecular weight is 357 g/mol. The minimum Gasteiger partial charge on any atom is -0.490 e. The van der Waals surface area contributed by atoms with Gasteiger partial charge in [0.1, 0.15) is 5.82 Å². The van der Waals surface area contributed by atoms with Crippen LogP contribution in [0, 0.1) is 5.82 Å². The summed E-state index contributed by atoms with van der Waals surface area (Å²) in [5, 5.41) is 2.82. The van der Waals surface area contributed by atoms with E-state index in [-0.39, 0.29) is 11.7 Å². The maximum absolute atomic E-state index is 13.1. The predicted molar refractivity (Wildman–Crippen MR) is 101 cm³/mol. The van der Waals surface area contributed by atoms with Gasteiger partial charge in [0.25, 0.3) is 0 Å². The van der Waals surface area contributed by atoms with Gasteiger partial charge in [-0.15, -0.1) is 0 Å². The zero-order valence-electron chi connectivity index (χ0n) is 15.1.